The van der Waals surface area contributed by atoms with E-state index in [0.29, 0.717) is 12.4 Å². The minimum Gasteiger partial charge on any atom is -0.477 e. The van der Waals surface area contributed by atoms with E-state index in [9.17, 15) is 4.79 Å². The van der Waals surface area contributed by atoms with Crippen LogP contribution in [0.15, 0.2) is 18.2 Å². The minimum atomic E-state index is -0.997. The molecule has 0 saturated carbocycles. The molecule has 1 fully saturated rings. The molecule has 5 nitrogen and oxygen atoms in total. The van der Waals surface area contributed by atoms with Crippen molar-refractivity contribution in [3.63, 3.8) is 0 Å². The second-order valence-corrected chi connectivity index (χ2v) is 3.81. The highest BCUT2D eigenvalue weighted by atomic mass is 16.5. The van der Waals surface area contributed by atoms with Crippen molar-refractivity contribution in [3.8, 4) is 0 Å². The van der Waals surface area contributed by atoms with E-state index < -0.39 is 5.97 Å². The molecule has 16 heavy (non-hydrogen) atoms. The summed E-state index contributed by atoms with van der Waals surface area (Å²) >= 11 is 0. The van der Waals surface area contributed by atoms with Crippen LogP contribution in [0.5, 0.6) is 0 Å². The van der Waals surface area contributed by atoms with E-state index in [1.165, 1.54) is 6.07 Å². The van der Waals surface area contributed by atoms with Crippen molar-refractivity contribution in [3.05, 3.63) is 23.9 Å². The molecule has 0 aliphatic carbocycles. The van der Waals surface area contributed by atoms with E-state index in [-0.39, 0.29) is 11.8 Å². The smallest absolute Gasteiger partial charge is 0.354 e. The molecule has 1 aromatic heterocycles. The van der Waals surface area contributed by atoms with E-state index in [0.717, 1.165) is 13.1 Å². The van der Waals surface area contributed by atoms with Gasteiger partial charge in [-0.05, 0) is 19.1 Å². The number of pyridine rings is 1. The zero-order valence-electron chi connectivity index (χ0n) is 9.09. The average molecular weight is 222 g/mol. The molecule has 1 atom stereocenters. The van der Waals surface area contributed by atoms with Gasteiger partial charge in [0, 0.05) is 13.1 Å². The molecule has 1 aliphatic rings. The van der Waals surface area contributed by atoms with Crippen molar-refractivity contribution in [1.29, 1.82) is 0 Å². The molecule has 2 heterocycles. The van der Waals surface area contributed by atoms with Crippen molar-refractivity contribution in [2.24, 2.45) is 0 Å². The van der Waals surface area contributed by atoms with Crippen LogP contribution >= 0.6 is 0 Å². The quantitative estimate of drug-likeness (QED) is 0.809. The molecule has 1 N–H and O–H groups in total. The van der Waals surface area contributed by atoms with Crippen molar-refractivity contribution in [1.82, 2.24) is 4.98 Å². The van der Waals surface area contributed by atoms with Crippen LogP contribution in [0.3, 0.4) is 0 Å². The van der Waals surface area contributed by atoms with Crippen LogP contribution in [0.4, 0.5) is 5.82 Å². The first-order chi connectivity index (χ1) is 7.66. The summed E-state index contributed by atoms with van der Waals surface area (Å²) in [5, 5.41) is 8.85. The molecular formula is C11H14N2O3. The van der Waals surface area contributed by atoms with Gasteiger partial charge in [0.15, 0.2) is 5.69 Å². The van der Waals surface area contributed by atoms with Crippen LogP contribution < -0.4 is 4.90 Å². The monoisotopic (exact) mass is 222 g/mol. The van der Waals surface area contributed by atoms with Crippen LogP contribution in [-0.2, 0) is 4.74 Å². The largest absolute Gasteiger partial charge is 0.477 e. The number of nitrogens with zero attached hydrogens (tertiary/aromatic N) is 2. The molecule has 0 unspecified atom stereocenters. The third-order valence-electron chi connectivity index (χ3n) is 2.52. The summed E-state index contributed by atoms with van der Waals surface area (Å²) in [6, 6.07) is 5.03. The molecule has 1 aliphatic heterocycles. The minimum absolute atomic E-state index is 0.0802. The van der Waals surface area contributed by atoms with Gasteiger partial charge in [0.2, 0.25) is 0 Å². The van der Waals surface area contributed by atoms with E-state index >= 15 is 0 Å². The van der Waals surface area contributed by atoms with E-state index in [1.807, 2.05) is 17.9 Å². The lowest BCUT2D eigenvalue weighted by Crippen LogP contribution is -2.41. The Bertz CT molecular complexity index is 395. The number of anilines is 1. The van der Waals surface area contributed by atoms with Gasteiger partial charge in [-0.3, -0.25) is 0 Å². The summed E-state index contributed by atoms with van der Waals surface area (Å²) in [4.78, 5) is 16.9. The molecule has 2 rings (SSSR count). The number of rotatable bonds is 2. The first kappa shape index (κ1) is 10.9. The Morgan fingerprint density at radius 1 is 1.62 bits per heavy atom. The van der Waals surface area contributed by atoms with Gasteiger partial charge in [-0.25, -0.2) is 9.78 Å². The van der Waals surface area contributed by atoms with Gasteiger partial charge < -0.3 is 14.7 Å². The first-order valence-corrected chi connectivity index (χ1v) is 5.23. The predicted molar refractivity (Wildman–Crippen MR) is 58.8 cm³/mol. The molecule has 86 valence electrons. The molecule has 0 bridgehead atoms. The number of aromatic carboxylic acids is 1. The molecule has 5 heteroatoms. The van der Waals surface area contributed by atoms with Gasteiger partial charge in [0.05, 0.1) is 12.7 Å². The van der Waals surface area contributed by atoms with Crippen LogP contribution in [0.1, 0.15) is 17.4 Å². The average Bonchev–Trinajstić information content (AvgIpc) is 2.29. The molecule has 0 amide bonds. The standard InChI is InChI=1S/C11H14N2O3/c1-8-7-13(5-6-16-8)10-4-2-3-9(12-10)11(14)15/h2-4,8H,5-7H2,1H3,(H,14,15)/t8-/m0/s1. The highest BCUT2D eigenvalue weighted by Crippen LogP contribution is 2.15. The third kappa shape index (κ3) is 2.30. The Morgan fingerprint density at radius 3 is 3.12 bits per heavy atom. The summed E-state index contributed by atoms with van der Waals surface area (Å²) in [5.74, 6) is -0.293. The molecule has 1 aromatic rings. The molecule has 0 radical (unpaired) electrons. The topological polar surface area (TPSA) is 62.7 Å². The SMILES string of the molecule is C[C@H]1CN(c2cccc(C(=O)O)n2)CCO1. The Hall–Kier alpha value is -1.62. The molecule has 0 aromatic carbocycles. The predicted octanol–water partition coefficient (Wildman–Crippen LogP) is 1.00. The number of hydrogen-bond acceptors (Lipinski definition) is 4. The van der Waals surface area contributed by atoms with E-state index in [2.05, 4.69) is 4.98 Å². The third-order valence-corrected chi connectivity index (χ3v) is 2.52. The maximum absolute atomic E-state index is 10.8. The van der Waals surface area contributed by atoms with Crippen LogP contribution in [0.2, 0.25) is 0 Å². The number of ether oxygens (including phenoxy) is 1. The number of aromatic nitrogens is 1. The fourth-order valence-corrected chi connectivity index (χ4v) is 1.75. The zero-order chi connectivity index (χ0) is 11.5. The lowest BCUT2D eigenvalue weighted by Gasteiger charge is -2.32. The summed E-state index contributed by atoms with van der Waals surface area (Å²) in [7, 11) is 0. The van der Waals surface area contributed by atoms with E-state index in [4.69, 9.17) is 9.84 Å². The zero-order valence-corrected chi connectivity index (χ0v) is 9.09. The van der Waals surface area contributed by atoms with Crippen LogP contribution in [0, 0.1) is 0 Å². The number of morpholine rings is 1. The number of carbonyl (C=O) groups is 1. The fourth-order valence-electron chi connectivity index (χ4n) is 1.75. The Morgan fingerprint density at radius 2 is 2.44 bits per heavy atom. The first-order valence-electron chi connectivity index (χ1n) is 5.23. The van der Waals surface area contributed by atoms with Gasteiger partial charge >= 0.3 is 5.97 Å². The van der Waals surface area contributed by atoms with Crippen molar-refractivity contribution >= 4 is 11.8 Å². The maximum atomic E-state index is 10.8. The maximum Gasteiger partial charge on any atom is 0.354 e. The number of hydrogen-bond donors (Lipinski definition) is 1. The van der Waals surface area contributed by atoms with Crippen molar-refractivity contribution in [2.45, 2.75) is 13.0 Å². The normalized spacial score (nSPS) is 20.8. The molecule has 1 saturated heterocycles. The van der Waals surface area contributed by atoms with E-state index in [1.54, 1.807) is 6.07 Å². The highest BCUT2D eigenvalue weighted by Gasteiger charge is 2.18. The summed E-state index contributed by atoms with van der Waals surface area (Å²) in [5.41, 5.74) is 0.0802. The lowest BCUT2D eigenvalue weighted by atomic mass is 10.3. The van der Waals surface area contributed by atoms with Gasteiger partial charge in [-0.2, -0.15) is 0 Å². The second kappa shape index (κ2) is 4.49. The number of carboxylic acid groups (broad SMARTS) is 1. The summed E-state index contributed by atoms with van der Waals surface area (Å²) in [6.45, 7) is 4.14. The molecule has 0 spiro atoms. The molecular weight excluding hydrogens is 208 g/mol. The van der Waals surface area contributed by atoms with Gasteiger partial charge in [0.25, 0.3) is 0 Å². The van der Waals surface area contributed by atoms with Gasteiger partial charge in [0.1, 0.15) is 5.82 Å². The lowest BCUT2D eigenvalue weighted by molar-refractivity contribution is 0.0529. The Kier molecular flexibility index (Phi) is 3.05. The summed E-state index contributed by atoms with van der Waals surface area (Å²) in [6.07, 6.45) is 0.157. The Labute approximate surface area is 93.7 Å². The Balaban J connectivity index is 2.19. The van der Waals surface area contributed by atoms with Crippen molar-refractivity contribution in [2.75, 3.05) is 24.6 Å². The second-order valence-electron chi connectivity index (χ2n) is 3.81. The fraction of sp³-hybridized carbons (Fsp3) is 0.455. The van der Waals surface area contributed by atoms with Crippen LogP contribution in [-0.4, -0.2) is 41.9 Å². The van der Waals surface area contributed by atoms with Gasteiger partial charge in [-0.1, -0.05) is 6.07 Å². The summed E-state index contributed by atoms with van der Waals surface area (Å²) < 4.78 is 5.42. The van der Waals surface area contributed by atoms with Crippen molar-refractivity contribution < 1.29 is 14.6 Å². The number of carboxylic acids is 1. The van der Waals surface area contributed by atoms with Gasteiger partial charge in [-0.15, -0.1) is 0 Å². The van der Waals surface area contributed by atoms with Crippen LogP contribution in [0.25, 0.3) is 0 Å². The highest BCUT2D eigenvalue weighted by molar-refractivity contribution is 5.85.